The van der Waals surface area contributed by atoms with Crippen molar-refractivity contribution in [2.45, 2.75) is 180 Å². The van der Waals surface area contributed by atoms with Gasteiger partial charge < -0.3 is 46.1 Å². The molecule has 4 amide bonds. The predicted octanol–water partition coefficient (Wildman–Crippen LogP) is 6.89. The van der Waals surface area contributed by atoms with Gasteiger partial charge in [-0.25, -0.2) is 9.59 Å². The summed E-state index contributed by atoms with van der Waals surface area (Å²) in [6.45, 7) is 3.38. The molecular weight excluding hydrogens is 725 g/mol. The smallest absolute Gasteiger partial charge is 0.407 e. The van der Waals surface area contributed by atoms with Crippen LogP contribution in [0.4, 0.5) is 9.59 Å². The summed E-state index contributed by atoms with van der Waals surface area (Å²) in [4.78, 5) is 49.6. The van der Waals surface area contributed by atoms with Gasteiger partial charge in [0.2, 0.25) is 11.8 Å². The Hall–Kier alpha value is -2.29. The number of nitrogens with one attached hydrogen (secondary N) is 4. The first-order chi connectivity index (χ1) is 26.7. The van der Waals surface area contributed by atoms with E-state index in [1.54, 1.807) is 0 Å². The van der Waals surface area contributed by atoms with Gasteiger partial charge in [0.05, 0.1) is 26.4 Å². The van der Waals surface area contributed by atoms with Crippen molar-refractivity contribution >= 4 is 35.8 Å². The fourth-order valence-corrected chi connectivity index (χ4v) is 6.74. The van der Waals surface area contributed by atoms with E-state index < -0.39 is 49.6 Å². The van der Waals surface area contributed by atoms with Crippen molar-refractivity contribution in [1.82, 2.24) is 21.3 Å². The van der Waals surface area contributed by atoms with E-state index in [4.69, 9.17) is 9.47 Å². The molecule has 7 N–H and O–H groups in total. The maximum atomic E-state index is 12.5. The van der Waals surface area contributed by atoms with Gasteiger partial charge in [-0.1, -0.05) is 142 Å². The fraction of sp³-hybridized carbons (Fsp3) is 0.902. The molecule has 0 aromatic rings. The second kappa shape index (κ2) is 38.6. The minimum atomic E-state index is -1.47. The molecule has 0 bridgehead atoms. The number of amides is 4. The van der Waals surface area contributed by atoms with Crippen LogP contribution in [0.25, 0.3) is 0 Å². The van der Waals surface area contributed by atoms with Crippen molar-refractivity contribution in [2.75, 3.05) is 57.6 Å². The molecule has 1 unspecified atom stereocenters. The molecule has 0 saturated heterocycles. The minimum absolute atomic E-state index is 0.0331. The van der Waals surface area contributed by atoms with Gasteiger partial charge in [0.15, 0.2) is 6.10 Å². The zero-order chi connectivity index (χ0) is 40.7. The van der Waals surface area contributed by atoms with Crippen molar-refractivity contribution in [1.29, 1.82) is 0 Å². The highest BCUT2D eigenvalue weighted by atomic mass is 32.2. The number of aliphatic hydroxyl groups is 3. The van der Waals surface area contributed by atoms with Gasteiger partial charge in [-0.15, -0.1) is 0 Å². The lowest BCUT2D eigenvalue weighted by Crippen LogP contribution is -2.57. The third-order valence-electron chi connectivity index (χ3n) is 9.56. The monoisotopic (exact) mass is 805 g/mol. The highest BCUT2D eigenvalue weighted by molar-refractivity contribution is 7.99. The molecule has 13 nitrogen and oxygen atoms in total. The number of ether oxygens (including phenoxy) is 2. The summed E-state index contributed by atoms with van der Waals surface area (Å²) in [5.41, 5.74) is -1.47. The highest BCUT2D eigenvalue weighted by Gasteiger charge is 2.29. The first kappa shape index (κ1) is 52.7. The average Bonchev–Trinajstić information content (AvgIpc) is 3.18. The predicted molar refractivity (Wildman–Crippen MR) is 222 cm³/mol. The maximum absolute atomic E-state index is 12.5. The Balaban J connectivity index is 4.41. The Labute approximate surface area is 337 Å². The number of unbranched alkanes of at least 4 members (excludes halogenated alkanes) is 20. The average molecular weight is 805 g/mol. The standard InChI is InChI=1S/C41H80N4O9S/c1-3-5-7-9-11-12-13-14-15-16-17-18-20-22-23-27-42-39(51)53-32-36(54-40(52)43-28-24-21-19-10-8-6-4-2)31-44-37(49)25-29-55-30-26-38(50)45-41(33-46,34-47)35-48/h36,46-48H,3-35H2,1-2H3,(H,42,51)(H,43,52)(H,44,49)(H,45,50). The number of aliphatic hydroxyl groups excluding tert-OH is 3. The zero-order valence-electron chi connectivity index (χ0n) is 34.6. The van der Waals surface area contributed by atoms with Crippen molar-refractivity contribution in [3.63, 3.8) is 0 Å². The third-order valence-corrected chi connectivity index (χ3v) is 10.5. The van der Waals surface area contributed by atoms with Crippen molar-refractivity contribution in [2.24, 2.45) is 0 Å². The zero-order valence-corrected chi connectivity index (χ0v) is 35.4. The van der Waals surface area contributed by atoms with Crippen molar-refractivity contribution in [3.8, 4) is 0 Å². The molecule has 0 saturated carbocycles. The largest absolute Gasteiger partial charge is 0.446 e. The molecule has 0 radical (unpaired) electrons. The van der Waals surface area contributed by atoms with Gasteiger partial charge in [0.1, 0.15) is 12.1 Å². The second-order valence-corrected chi connectivity index (χ2v) is 16.0. The molecule has 0 spiro atoms. The number of alkyl carbamates (subject to hydrolysis) is 2. The normalized spacial score (nSPS) is 11.9. The van der Waals surface area contributed by atoms with Gasteiger partial charge in [0, 0.05) is 37.4 Å². The summed E-state index contributed by atoms with van der Waals surface area (Å²) >= 11 is 1.37. The van der Waals surface area contributed by atoms with E-state index in [1.165, 1.54) is 114 Å². The summed E-state index contributed by atoms with van der Waals surface area (Å²) in [7, 11) is 0. The number of rotatable bonds is 39. The molecule has 0 rings (SSSR count). The molecule has 0 aliphatic rings. The molecule has 0 aromatic heterocycles. The lowest BCUT2D eigenvalue weighted by atomic mass is 10.0. The molecule has 0 fully saturated rings. The van der Waals surface area contributed by atoms with Crippen molar-refractivity contribution < 1.29 is 44.0 Å². The molecule has 0 aliphatic heterocycles. The third kappa shape index (κ3) is 33.6. The molecule has 0 aliphatic carbocycles. The van der Waals surface area contributed by atoms with E-state index >= 15 is 0 Å². The van der Waals surface area contributed by atoms with E-state index in [9.17, 15) is 34.5 Å². The lowest BCUT2D eigenvalue weighted by Gasteiger charge is -2.28. The van der Waals surface area contributed by atoms with Crippen LogP contribution in [-0.4, -0.2) is 109 Å². The van der Waals surface area contributed by atoms with Crippen molar-refractivity contribution in [3.05, 3.63) is 0 Å². The van der Waals surface area contributed by atoms with Gasteiger partial charge in [-0.05, 0) is 12.8 Å². The van der Waals surface area contributed by atoms with Crippen LogP contribution in [0.3, 0.4) is 0 Å². The van der Waals surface area contributed by atoms with E-state index in [0.717, 1.165) is 38.5 Å². The van der Waals surface area contributed by atoms with Crippen LogP contribution in [-0.2, 0) is 19.1 Å². The number of carbonyl (C=O) groups excluding carboxylic acids is 4. The number of carbonyl (C=O) groups is 4. The SMILES string of the molecule is CCCCCCCCCCCCCCCCCNC(=O)OCC(CNC(=O)CCSCCC(=O)NC(CO)(CO)CO)OC(=O)NCCCCCCCCC. The molecule has 0 aromatic carbocycles. The quantitative estimate of drug-likeness (QED) is 0.0322. The molecule has 0 heterocycles. The Morgan fingerprint density at radius 3 is 1.38 bits per heavy atom. The van der Waals surface area contributed by atoms with E-state index in [-0.39, 0.29) is 31.9 Å². The summed E-state index contributed by atoms with van der Waals surface area (Å²) in [6.07, 6.45) is 25.0. The summed E-state index contributed by atoms with van der Waals surface area (Å²) in [6, 6.07) is 0. The van der Waals surface area contributed by atoms with Crippen LogP contribution in [0.5, 0.6) is 0 Å². The number of hydrogen-bond donors (Lipinski definition) is 7. The molecular formula is C41H80N4O9S. The van der Waals surface area contributed by atoms with Gasteiger partial charge in [-0.3, -0.25) is 9.59 Å². The first-order valence-electron chi connectivity index (χ1n) is 21.6. The van der Waals surface area contributed by atoms with Crippen LogP contribution in [0.1, 0.15) is 168 Å². The molecule has 55 heavy (non-hydrogen) atoms. The molecule has 324 valence electrons. The fourth-order valence-electron chi connectivity index (χ4n) is 5.88. The van der Waals surface area contributed by atoms with Gasteiger partial charge in [-0.2, -0.15) is 11.8 Å². The number of thioether (sulfide) groups is 1. The summed E-state index contributed by atoms with van der Waals surface area (Å²) in [5.74, 6) is 0.0990. The summed E-state index contributed by atoms with van der Waals surface area (Å²) < 4.78 is 10.9. The Morgan fingerprint density at radius 1 is 0.545 bits per heavy atom. The van der Waals surface area contributed by atoms with E-state index in [1.807, 2.05) is 0 Å². The number of hydrogen-bond acceptors (Lipinski definition) is 10. The van der Waals surface area contributed by atoms with Crippen LogP contribution in [0.15, 0.2) is 0 Å². The summed E-state index contributed by atoms with van der Waals surface area (Å²) in [5, 5.41) is 38.8. The highest BCUT2D eigenvalue weighted by Crippen LogP contribution is 2.14. The molecule has 1 atom stereocenters. The lowest BCUT2D eigenvalue weighted by molar-refractivity contribution is -0.125. The van der Waals surface area contributed by atoms with Crippen LogP contribution in [0.2, 0.25) is 0 Å². The maximum Gasteiger partial charge on any atom is 0.407 e. The van der Waals surface area contributed by atoms with Crippen LogP contribution < -0.4 is 21.3 Å². The topological polar surface area (TPSA) is 196 Å². The Kier molecular flexibility index (Phi) is 37.0. The minimum Gasteiger partial charge on any atom is -0.446 e. The second-order valence-electron chi connectivity index (χ2n) is 14.8. The van der Waals surface area contributed by atoms with E-state index in [2.05, 4.69) is 35.1 Å². The van der Waals surface area contributed by atoms with Crippen LogP contribution in [0, 0.1) is 0 Å². The first-order valence-corrected chi connectivity index (χ1v) is 22.7. The Morgan fingerprint density at radius 2 is 0.945 bits per heavy atom. The van der Waals surface area contributed by atoms with Gasteiger partial charge >= 0.3 is 12.2 Å². The molecule has 14 heteroatoms. The van der Waals surface area contributed by atoms with Crippen LogP contribution >= 0.6 is 11.8 Å². The van der Waals surface area contributed by atoms with E-state index in [0.29, 0.717) is 24.6 Å². The van der Waals surface area contributed by atoms with Gasteiger partial charge in [0.25, 0.3) is 0 Å². The Bertz CT molecular complexity index is 935.